The lowest BCUT2D eigenvalue weighted by molar-refractivity contribution is -0.123. The average molecular weight is 219 g/mol. The van der Waals surface area contributed by atoms with Gasteiger partial charge in [-0.1, -0.05) is 13.3 Å². The first-order valence-corrected chi connectivity index (χ1v) is 5.33. The topological polar surface area (TPSA) is 89.8 Å². The fraction of sp³-hybridized carbons (Fsp3) is 0.900. The van der Waals surface area contributed by atoms with E-state index in [0.29, 0.717) is 6.54 Å². The summed E-state index contributed by atoms with van der Waals surface area (Å²) in [5.74, 6) is -0.221. The van der Waals surface area contributed by atoms with Gasteiger partial charge in [-0.2, -0.15) is 0 Å². The molecule has 5 heteroatoms. The SMILES string of the molecule is CCCCNC(=O)CC(O)CC(O)CO. The summed E-state index contributed by atoms with van der Waals surface area (Å²) in [6.45, 7) is 2.25. The third kappa shape index (κ3) is 8.35. The lowest BCUT2D eigenvalue weighted by atomic mass is 10.1. The van der Waals surface area contributed by atoms with E-state index in [1.807, 2.05) is 6.92 Å². The lowest BCUT2D eigenvalue weighted by Gasteiger charge is -2.13. The van der Waals surface area contributed by atoms with Crippen LogP contribution in [0.15, 0.2) is 0 Å². The van der Waals surface area contributed by atoms with Crippen LogP contribution in [-0.4, -0.2) is 46.6 Å². The Morgan fingerprint density at radius 1 is 1.33 bits per heavy atom. The molecule has 2 unspecified atom stereocenters. The van der Waals surface area contributed by atoms with Crippen molar-refractivity contribution in [3.63, 3.8) is 0 Å². The smallest absolute Gasteiger partial charge is 0.222 e. The average Bonchev–Trinajstić information content (AvgIpc) is 2.17. The van der Waals surface area contributed by atoms with Gasteiger partial charge in [0.15, 0.2) is 0 Å². The highest BCUT2D eigenvalue weighted by Crippen LogP contribution is 2.02. The molecule has 2 atom stereocenters. The Balaban J connectivity index is 3.57. The van der Waals surface area contributed by atoms with E-state index in [1.54, 1.807) is 0 Å². The molecule has 4 N–H and O–H groups in total. The van der Waals surface area contributed by atoms with Crippen molar-refractivity contribution in [2.75, 3.05) is 13.2 Å². The summed E-state index contributed by atoms with van der Waals surface area (Å²) >= 11 is 0. The first-order valence-electron chi connectivity index (χ1n) is 5.33. The Labute approximate surface area is 90.1 Å². The van der Waals surface area contributed by atoms with E-state index < -0.39 is 18.8 Å². The van der Waals surface area contributed by atoms with Gasteiger partial charge in [-0.3, -0.25) is 4.79 Å². The summed E-state index contributed by atoms with van der Waals surface area (Å²) in [5, 5.41) is 29.6. The van der Waals surface area contributed by atoms with Crippen LogP contribution in [0.25, 0.3) is 0 Å². The third-order valence-electron chi connectivity index (χ3n) is 2.03. The molecule has 0 fully saturated rings. The molecule has 0 radical (unpaired) electrons. The maximum Gasteiger partial charge on any atom is 0.222 e. The maximum absolute atomic E-state index is 11.2. The second kappa shape index (κ2) is 8.64. The van der Waals surface area contributed by atoms with Crippen LogP contribution < -0.4 is 5.32 Å². The van der Waals surface area contributed by atoms with Crippen molar-refractivity contribution in [3.05, 3.63) is 0 Å². The largest absolute Gasteiger partial charge is 0.394 e. The zero-order chi connectivity index (χ0) is 11.7. The van der Waals surface area contributed by atoms with Gasteiger partial charge in [0.05, 0.1) is 25.2 Å². The fourth-order valence-electron chi connectivity index (χ4n) is 1.16. The van der Waals surface area contributed by atoms with Crippen molar-refractivity contribution in [3.8, 4) is 0 Å². The van der Waals surface area contributed by atoms with Gasteiger partial charge in [0.25, 0.3) is 0 Å². The van der Waals surface area contributed by atoms with E-state index in [9.17, 15) is 9.90 Å². The van der Waals surface area contributed by atoms with Gasteiger partial charge < -0.3 is 20.6 Å². The molecule has 0 aliphatic heterocycles. The molecular formula is C10H21NO4. The molecule has 0 saturated carbocycles. The zero-order valence-corrected chi connectivity index (χ0v) is 9.15. The van der Waals surface area contributed by atoms with E-state index in [0.717, 1.165) is 12.8 Å². The molecule has 0 rings (SSSR count). The number of amides is 1. The number of hydrogen-bond acceptors (Lipinski definition) is 4. The molecule has 0 spiro atoms. The highest BCUT2D eigenvalue weighted by molar-refractivity contribution is 5.76. The summed E-state index contributed by atoms with van der Waals surface area (Å²) in [4.78, 5) is 11.2. The number of nitrogens with one attached hydrogen (secondary N) is 1. The van der Waals surface area contributed by atoms with E-state index in [4.69, 9.17) is 10.2 Å². The maximum atomic E-state index is 11.2. The first kappa shape index (κ1) is 14.3. The first-order chi connectivity index (χ1) is 7.10. The fourth-order valence-corrected chi connectivity index (χ4v) is 1.16. The quantitative estimate of drug-likeness (QED) is 0.410. The highest BCUT2D eigenvalue weighted by atomic mass is 16.3. The van der Waals surface area contributed by atoms with Crippen LogP contribution >= 0.6 is 0 Å². The lowest BCUT2D eigenvalue weighted by Crippen LogP contribution is -2.30. The minimum absolute atomic E-state index is 0.0255. The molecule has 1 amide bonds. The highest BCUT2D eigenvalue weighted by Gasteiger charge is 2.14. The van der Waals surface area contributed by atoms with Gasteiger partial charge in [-0.05, 0) is 6.42 Å². The molecule has 5 nitrogen and oxygen atoms in total. The van der Waals surface area contributed by atoms with Crippen LogP contribution in [0, 0.1) is 0 Å². The van der Waals surface area contributed by atoms with Gasteiger partial charge in [0, 0.05) is 13.0 Å². The summed E-state index contributed by atoms with van der Waals surface area (Å²) in [7, 11) is 0. The van der Waals surface area contributed by atoms with Gasteiger partial charge in [-0.15, -0.1) is 0 Å². The summed E-state index contributed by atoms with van der Waals surface area (Å²) in [6, 6.07) is 0. The number of hydrogen-bond donors (Lipinski definition) is 4. The molecule has 0 bridgehead atoms. The zero-order valence-electron chi connectivity index (χ0n) is 9.15. The monoisotopic (exact) mass is 219 g/mol. The second-order valence-electron chi connectivity index (χ2n) is 3.63. The molecule has 0 saturated heterocycles. The van der Waals surface area contributed by atoms with Crippen molar-refractivity contribution < 1.29 is 20.1 Å². The predicted molar refractivity (Wildman–Crippen MR) is 56.3 cm³/mol. The minimum atomic E-state index is -0.955. The predicted octanol–water partition coefficient (Wildman–Crippen LogP) is -0.603. The minimum Gasteiger partial charge on any atom is -0.394 e. The van der Waals surface area contributed by atoms with E-state index in [1.165, 1.54) is 0 Å². The van der Waals surface area contributed by atoms with Gasteiger partial charge in [-0.25, -0.2) is 0 Å². The van der Waals surface area contributed by atoms with Crippen molar-refractivity contribution in [2.24, 2.45) is 0 Å². The van der Waals surface area contributed by atoms with Crippen molar-refractivity contribution in [1.29, 1.82) is 0 Å². The van der Waals surface area contributed by atoms with Crippen molar-refractivity contribution in [1.82, 2.24) is 5.32 Å². The molecule has 0 aromatic rings. The molecule has 0 aliphatic carbocycles. The Morgan fingerprint density at radius 3 is 2.53 bits per heavy atom. The molecule has 0 aromatic carbocycles. The third-order valence-corrected chi connectivity index (χ3v) is 2.03. The number of carbonyl (C=O) groups excluding carboxylic acids is 1. The molecule has 0 aliphatic rings. The Bertz CT molecular complexity index is 175. The Kier molecular flexibility index (Phi) is 8.27. The number of carbonyl (C=O) groups is 1. The molecule has 0 heterocycles. The Morgan fingerprint density at radius 2 is 2.00 bits per heavy atom. The van der Waals surface area contributed by atoms with E-state index in [-0.39, 0.29) is 18.7 Å². The number of aliphatic hydroxyl groups is 3. The van der Waals surface area contributed by atoms with Crippen LogP contribution in [0.2, 0.25) is 0 Å². The summed E-state index contributed by atoms with van der Waals surface area (Å²) in [6.07, 6.45) is 0.0725. The van der Waals surface area contributed by atoms with Gasteiger partial charge >= 0.3 is 0 Å². The van der Waals surface area contributed by atoms with Crippen LogP contribution in [0.3, 0.4) is 0 Å². The number of aliphatic hydroxyl groups excluding tert-OH is 3. The normalized spacial score (nSPS) is 14.7. The Hall–Kier alpha value is -0.650. The molecule has 90 valence electrons. The second-order valence-corrected chi connectivity index (χ2v) is 3.63. The van der Waals surface area contributed by atoms with Gasteiger partial charge in [0.1, 0.15) is 0 Å². The van der Waals surface area contributed by atoms with Crippen molar-refractivity contribution in [2.45, 2.75) is 44.8 Å². The summed E-state index contributed by atoms with van der Waals surface area (Å²) in [5.41, 5.74) is 0. The number of rotatable bonds is 8. The van der Waals surface area contributed by atoms with E-state index >= 15 is 0 Å². The van der Waals surface area contributed by atoms with Crippen LogP contribution in [0.1, 0.15) is 32.6 Å². The van der Waals surface area contributed by atoms with Gasteiger partial charge in [0.2, 0.25) is 5.91 Å². The molecule has 15 heavy (non-hydrogen) atoms. The standard InChI is InChI=1S/C10H21NO4/c1-2-3-4-11-10(15)6-8(13)5-9(14)7-12/h8-9,12-14H,2-7H2,1H3,(H,11,15). The summed E-state index contributed by atoms with van der Waals surface area (Å²) < 4.78 is 0. The number of unbranched alkanes of at least 4 members (excludes halogenated alkanes) is 1. The van der Waals surface area contributed by atoms with Crippen molar-refractivity contribution >= 4 is 5.91 Å². The van der Waals surface area contributed by atoms with Crippen LogP contribution in [0.4, 0.5) is 0 Å². The van der Waals surface area contributed by atoms with Crippen LogP contribution in [-0.2, 0) is 4.79 Å². The molecule has 0 aromatic heterocycles. The van der Waals surface area contributed by atoms with E-state index in [2.05, 4.69) is 5.32 Å². The van der Waals surface area contributed by atoms with Crippen LogP contribution in [0.5, 0.6) is 0 Å². The molecular weight excluding hydrogens is 198 g/mol.